The number of nitrogens with one attached hydrogen (secondary N) is 1. The average molecular weight is 328 g/mol. The first-order valence-electron chi connectivity index (χ1n) is 6.76. The van der Waals surface area contributed by atoms with Crippen LogP contribution < -0.4 is 5.32 Å². The van der Waals surface area contributed by atoms with E-state index in [0.717, 1.165) is 9.87 Å². The van der Waals surface area contributed by atoms with Crippen LogP contribution in [0.4, 0.5) is 0 Å². The summed E-state index contributed by atoms with van der Waals surface area (Å²) in [5.74, 6) is -1.94. The van der Waals surface area contributed by atoms with Crippen LogP contribution in [0.25, 0.3) is 0 Å². The summed E-state index contributed by atoms with van der Waals surface area (Å²) < 4.78 is 24.1. The maximum atomic E-state index is 11.8. The van der Waals surface area contributed by atoms with E-state index in [0.29, 0.717) is 0 Å². The van der Waals surface area contributed by atoms with Crippen molar-refractivity contribution >= 4 is 21.9 Å². The Morgan fingerprint density at radius 2 is 1.86 bits per heavy atom. The molecule has 0 heterocycles. The van der Waals surface area contributed by atoms with E-state index in [1.54, 1.807) is 24.3 Å². The first-order chi connectivity index (χ1) is 10.3. The van der Waals surface area contributed by atoms with Crippen molar-refractivity contribution < 1.29 is 23.1 Å². The van der Waals surface area contributed by atoms with Gasteiger partial charge in [-0.3, -0.25) is 4.79 Å². The molecule has 0 aliphatic rings. The molecule has 0 bridgehead atoms. The summed E-state index contributed by atoms with van der Waals surface area (Å²) in [5, 5.41) is 11.5. The molecule has 1 amide bonds. The Morgan fingerprint density at radius 1 is 1.27 bits per heavy atom. The molecule has 0 aromatic heterocycles. The zero-order valence-electron chi connectivity index (χ0n) is 12.5. The molecule has 8 heteroatoms. The van der Waals surface area contributed by atoms with Crippen molar-refractivity contribution in [3.8, 4) is 0 Å². The smallest absolute Gasteiger partial charge is 0.326 e. The monoisotopic (exact) mass is 328 g/mol. The van der Waals surface area contributed by atoms with Crippen LogP contribution in [0, 0.1) is 0 Å². The zero-order valence-corrected chi connectivity index (χ0v) is 13.3. The summed E-state index contributed by atoms with van der Waals surface area (Å²) >= 11 is 0. The fourth-order valence-corrected chi connectivity index (χ4v) is 2.57. The van der Waals surface area contributed by atoms with Gasteiger partial charge in [-0.15, -0.1) is 0 Å². The maximum Gasteiger partial charge on any atom is 0.326 e. The summed E-state index contributed by atoms with van der Waals surface area (Å²) in [6.07, 6.45) is 0.131. The summed E-state index contributed by atoms with van der Waals surface area (Å²) in [6, 6.07) is 7.77. The number of carboxylic acid groups (broad SMARTS) is 1. The predicted octanol–water partition coefficient (Wildman–Crippen LogP) is 0.0800. The van der Waals surface area contributed by atoms with Crippen molar-refractivity contribution in [2.75, 3.05) is 19.3 Å². The lowest BCUT2D eigenvalue weighted by Crippen LogP contribution is -2.47. The summed E-state index contributed by atoms with van der Waals surface area (Å²) in [7, 11) is -2.20. The number of carbonyl (C=O) groups is 2. The largest absolute Gasteiger partial charge is 0.480 e. The first kappa shape index (κ1) is 18.1. The number of aliphatic carboxylic acids is 1. The minimum Gasteiger partial charge on any atom is -0.480 e. The van der Waals surface area contributed by atoms with E-state index in [2.05, 4.69) is 5.32 Å². The Bertz CT molecular complexity index is 615. The molecule has 1 aromatic carbocycles. The van der Waals surface area contributed by atoms with E-state index in [9.17, 15) is 23.1 Å². The fraction of sp³-hybridized carbons (Fsp3) is 0.429. The Labute approximate surface area is 130 Å². The molecule has 2 N–H and O–H groups in total. The number of carboxylic acids is 1. The van der Waals surface area contributed by atoms with Gasteiger partial charge in [0.15, 0.2) is 0 Å². The Kier molecular flexibility index (Phi) is 6.51. The molecule has 0 radical (unpaired) electrons. The van der Waals surface area contributed by atoms with Crippen LogP contribution in [0.3, 0.4) is 0 Å². The molecule has 0 aliphatic heterocycles. The Morgan fingerprint density at radius 3 is 2.36 bits per heavy atom. The molecule has 1 aromatic rings. The minimum absolute atomic E-state index is 0.122. The zero-order chi connectivity index (χ0) is 16.8. The molecule has 0 spiro atoms. The highest BCUT2D eigenvalue weighted by atomic mass is 32.2. The maximum absolute atomic E-state index is 11.8. The summed E-state index contributed by atoms with van der Waals surface area (Å²) in [6.45, 7) is 1.06. The highest BCUT2D eigenvalue weighted by molar-refractivity contribution is 7.89. The van der Waals surface area contributed by atoms with Gasteiger partial charge in [0.25, 0.3) is 0 Å². The van der Waals surface area contributed by atoms with Crippen LogP contribution in [0.2, 0.25) is 0 Å². The highest BCUT2D eigenvalue weighted by Gasteiger charge is 2.23. The number of nitrogens with zero attached hydrogens (tertiary/aromatic N) is 1. The van der Waals surface area contributed by atoms with Gasteiger partial charge in [-0.1, -0.05) is 30.3 Å². The standard InChI is InChI=1S/C14H20N2O5S/c1-3-22(20,21)16(2)10-13(17)15-12(14(18)19)9-11-7-5-4-6-8-11/h4-8,12H,3,9-10H2,1-2H3,(H,15,17)(H,18,19)/t12-/m0/s1. The normalized spacial score (nSPS) is 12.9. The lowest BCUT2D eigenvalue weighted by Gasteiger charge is -2.18. The fourth-order valence-electron chi connectivity index (χ4n) is 1.81. The number of carbonyl (C=O) groups excluding carboxylic acids is 1. The molecule has 1 atom stereocenters. The van der Waals surface area contributed by atoms with Gasteiger partial charge in [-0.25, -0.2) is 13.2 Å². The van der Waals surface area contributed by atoms with Gasteiger partial charge in [-0.2, -0.15) is 4.31 Å². The van der Waals surface area contributed by atoms with Gasteiger partial charge in [0.1, 0.15) is 6.04 Å². The van der Waals surface area contributed by atoms with Gasteiger partial charge < -0.3 is 10.4 Å². The third-order valence-electron chi connectivity index (χ3n) is 3.12. The topological polar surface area (TPSA) is 104 Å². The molecular weight excluding hydrogens is 308 g/mol. The molecule has 22 heavy (non-hydrogen) atoms. The molecule has 0 unspecified atom stereocenters. The number of rotatable bonds is 8. The molecule has 0 aliphatic carbocycles. The van der Waals surface area contributed by atoms with Crippen molar-refractivity contribution in [2.45, 2.75) is 19.4 Å². The van der Waals surface area contributed by atoms with Crippen LogP contribution in [0.15, 0.2) is 30.3 Å². The quantitative estimate of drug-likeness (QED) is 0.703. The predicted molar refractivity (Wildman–Crippen MR) is 81.8 cm³/mol. The third kappa shape index (κ3) is 5.45. The molecule has 1 rings (SSSR count). The molecular formula is C14H20N2O5S. The molecule has 7 nitrogen and oxygen atoms in total. The first-order valence-corrected chi connectivity index (χ1v) is 8.37. The lowest BCUT2D eigenvalue weighted by molar-refractivity contribution is -0.141. The van der Waals surface area contributed by atoms with Crippen LogP contribution >= 0.6 is 0 Å². The number of amides is 1. The molecule has 0 fully saturated rings. The molecule has 0 saturated heterocycles. The van der Waals surface area contributed by atoms with Gasteiger partial charge in [0.05, 0.1) is 12.3 Å². The lowest BCUT2D eigenvalue weighted by atomic mass is 10.1. The third-order valence-corrected chi connectivity index (χ3v) is 4.93. The van der Waals surface area contributed by atoms with Gasteiger partial charge in [0.2, 0.25) is 15.9 Å². The van der Waals surface area contributed by atoms with Crippen LogP contribution in [-0.2, 0) is 26.0 Å². The van der Waals surface area contributed by atoms with Gasteiger partial charge in [0, 0.05) is 13.5 Å². The summed E-state index contributed by atoms with van der Waals surface area (Å²) in [5.41, 5.74) is 0.768. The second-order valence-corrected chi connectivity index (χ2v) is 7.17. The van der Waals surface area contributed by atoms with Crippen LogP contribution in [-0.4, -0.2) is 55.1 Å². The van der Waals surface area contributed by atoms with Crippen molar-refractivity contribution in [3.05, 3.63) is 35.9 Å². The van der Waals surface area contributed by atoms with Crippen molar-refractivity contribution in [1.29, 1.82) is 0 Å². The van der Waals surface area contributed by atoms with Crippen LogP contribution in [0.1, 0.15) is 12.5 Å². The number of sulfonamides is 1. The van der Waals surface area contributed by atoms with E-state index in [1.807, 2.05) is 6.07 Å². The van der Waals surface area contributed by atoms with E-state index in [4.69, 9.17) is 0 Å². The van der Waals surface area contributed by atoms with E-state index >= 15 is 0 Å². The van der Waals surface area contributed by atoms with Gasteiger partial charge >= 0.3 is 5.97 Å². The van der Waals surface area contributed by atoms with E-state index in [1.165, 1.54) is 14.0 Å². The number of hydrogen-bond donors (Lipinski definition) is 2. The average Bonchev–Trinajstić information content (AvgIpc) is 2.47. The van der Waals surface area contributed by atoms with Crippen molar-refractivity contribution in [2.24, 2.45) is 0 Å². The second kappa shape index (κ2) is 7.90. The number of likely N-dealkylation sites (N-methyl/N-ethyl adjacent to an activating group) is 1. The Hall–Kier alpha value is -1.93. The Balaban J connectivity index is 2.68. The van der Waals surface area contributed by atoms with Crippen molar-refractivity contribution in [3.63, 3.8) is 0 Å². The molecule has 122 valence electrons. The SMILES string of the molecule is CCS(=O)(=O)N(C)CC(=O)N[C@@H](Cc1ccccc1)C(=O)O. The van der Waals surface area contributed by atoms with Crippen molar-refractivity contribution in [1.82, 2.24) is 9.62 Å². The number of benzene rings is 1. The van der Waals surface area contributed by atoms with Gasteiger partial charge in [-0.05, 0) is 12.5 Å². The van der Waals surface area contributed by atoms with E-state index < -0.39 is 34.5 Å². The second-order valence-electron chi connectivity index (χ2n) is 4.80. The number of hydrogen-bond acceptors (Lipinski definition) is 4. The van der Waals surface area contributed by atoms with E-state index in [-0.39, 0.29) is 12.2 Å². The highest BCUT2D eigenvalue weighted by Crippen LogP contribution is 2.04. The molecule has 0 saturated carbocycles. The van der Waals surface area contributed by atoms with Crippen LogP contribution in [0.5, 0.6) is 0 Å². The summed E-state index contributed by atoms with van der Waals surface area (Å²) in [4.78, 5) is 23.1. The minimum atomic E-state index is -3.48.